The summed E-state index contributed by atoms with van der Waals surface area (Å²) < 4.78 is 4.82. The van der Waals surface area contributed by atoms with E-state index in [1.807, 2.05) is 13.8 Å². The summed E-state index contributed by atoms with van der Waals surface area (Å²) in [4.78, 5) is 7.88. The molecule has 1 rings (SSSR count). The van der Waals surface area contributed by atoms with Crippen LogP contribution in [0.4, 0.5) is 0 Å². The van der Waals surface area contributed by atoms with Crippen molar-refractivity contribution in [3.63, 3.8) is 0 Å². The molecular weight excluding hydrogens is 188 g/mol. The molecule has 0 atom stereocenters. The molecule has 0 aliphatic carbocycles. The number of methoxy groups -OCH3 is 1. The zero-order valence-electron chi connectivity index (χ0n) is 9.87. The molecule has 1 heterocycles. The first kappa shape index (κ1) is 13.4. The Labute approximate surface area is 91.9 Å². The van der Waals surface area contributed by atoms with E-state index in [1.165, 1.54) is 7.11 Å². The van der Waals surface area contributed by atoms with Gasteiger partial charge in [0, 0.05) is 18.8 Å². The molecule has 82 valence electrons. The third kappa shape index (κ3) is 5.69. The molecule has 0 aliphatic heterocycles. The predicted molar refractivity (Wildman–Crippen MR) is 61.7 cm³/mol. The van der Waals surface area contributed by atoms with Crippen molar-refractivity contribution in [1.82, 2.24) is 9.97 Å². The van der Waals surface area contributed by atoms with Crippen LogP contribution in [0.15, 0.2) is 12.4 Å². The molecule has 0 aromatic carbocycles. The fraction of sp³-hybridized carbons (Fsp3) is 0.500. The summed E-state index contributed by atoms with van der Waals surface area (Å²) in [6.45, 7) is 6.10. The topological polar surface area (TPSA) is 35.0 Å². The zero-order chi connectivity index (χ0) is 11.5. The Morgan fingerprint density at radius 1 is 1.27 bits per heavy atom. The minimum Gasteiger partial charge on any atom is -0.467 e. The number of ether oxygens (including phenoxy) is 1. The van der Waals surface area contributed by atoms with E-state index in [1.54, 1.807) is 12.4 Å². The van der Waals surface area contributed by atoms with Crippen LogP contribution in [-0.2, 0) is 0 Å². The van der Waals surface area contributed by atoms with Gasteiger partial charge in [0.2, 0.25) is 0 Å². The maximum absolute atomic E-state index is 4.82. The van der Waals surface area contributed by atoms with Crippen LogP contribution in [0.5, 0.6) is 6.01 Å². The van der Waals surface area contributed by atoms with Crippen LogP contribution >= 0.6 is 0 Å². The number of hydrogen-bond donors (Lipinski definition) is 0. The van der Waals surface area contributed by atoms with Crippen molar-refractivity contribution in [3.05, 3.63) is 18.0 Å². The predicted octanol–water partition coefficient (Wildman–Crippen LogP) is 2.66. The van der Waals surface area contributed by atoms with Crippen molar-refractivity contribution in [2.24, 2.45) is 0 Å². The van der Waals surface area contributed by atoms with E-state index in [0.717, 1.165) is 18.4 Å². The van der Waals surface area contributed by atoms with Crippen molar-refractivity contribution in [3.8, 4) is 17.9 Å². The molecule has 0 fully saturated rings. The molecule has 0 unspecified atom stereocenters. The highest BCUT2D eigenvalue weighted by Gasteiger charge is 1.92. The second-order valence-electron chi connectivity index (χ2n) is 2.51. The third-order valence-corrected chi connectivity index (χ3v) is 1.42. The molecule has 0 spiro atoms. The number of nitrogens with zero attached hydrogens (tertiary/aromatic N) is 2. The quantitative estimate of drug-likeness (QED) is 0.698. The zero-order valence-corrected chi connectivity index (χ0v) is 9.87. The van der Waals surface area contributed by atoms with Crippen molar-refractivity contribution >= 4 is 0 Å². The fourth-order valence-electron chi connectivity index (χ4n) is 0.776. The highest BCUT2D eigenvalue weighted by molar-refractivity contribution is 5.29. The van der Waals surface area contributed by atoms with Crippen molar-refractivity contribution < 1.29 is 4.74 Å². The van der Waals surface area contributed by atoms with E-state index >= 15 is 0 Å². The van der Waals surface area contributed by atoms with Gasteiger partial charge in [-0.05, 0) is 6.42 Å². The van der Waals surface area contributed by atoms with Gasteiger partial charge in [-0.2, -0.15) is 0 Å². The van der Waals surface area contributed by atoms with Gasteiger partial charge in [0.1, 0.15) is 0 Å². The highest BCUT2D eigenvalue weighted by Crippen LogP contribution is 1.99. The van der Waals surface area contributed by atoms with E-state index in [4.69, 9.17) is 4.74 Å². The first-order chi connectivity index (χ1) is 7.36. The Kier molecular flexibility index (Phi) is 8.08. The average Bonchev–Trinajstić information content (AvgIpc) is 2.33. The molecule has 0 aliphatic rings. The lowest BCUT2D eigenvalue weighted by Crippen LogP contribution is -1.91. The number of unbranched alkanes of at least 4 members (excludes halogenated alkanes) is 1. The molecule has 0 amide bonds. The Morgan fingerprint density at radius 2 is 1.87 bits per heavy atom. The molecule has 1 aromatic heterocycles. The molecule has 3 nitrogen and oxygen atoms in total. The third-order valence-electron chi connectivity index (χ3n) is 1.42. The van der Waals surface area contributed by atoms with Gasteiger partial charge in [0.25, 0.3) is 0 Å². The van der Waals surface area contributed by atoms with Gasteiger partial charge in [-0.25, -0.2) is 9.97 Å². The lowest BCUT2D eigenvalue weighted by atomic mass is 10.3. The SMILES string of the molecule is CC.CCCC#Cc1cnc(OC)nc1. The molecular formula is C12H18N2O. The maximum Gasteiger partial charge on any atom is 0.316 e. The van der Waals surface area contributed by atoms with E-state index < -0.39 is 0 Å². The molecule has 3 heteroatoms. The largest absolute Gasteiger partial charge is 0.467 e. The monoisotopic (exact) mass is 206 g/mol. The van der Waals surface area contributed by atoms with Crippen LogP contribution in [-0.4, -0.2) is 17.1 Å². The van der Waals surface area contributed by atoms with Crippen LogP contribution in [0, 0.1) is 11.8 Å². The van der Waals surface area contributed by atoms with E-state index in [9.17, 15) is 0 Å². The van der Waals surface area contributed by atoms with Crippen LogP contribution in [0.2, 0.25) is 0 Å². The van der Waals surface area contributed by atoms with Gasteiger partial charge in [-0.15, -0.1) is 0 Å². The molecule has 1 aromatic rings. The van der Waals surface area contributed by atoms with Crippen LogP contribution in [0.3, 0.4) is 0 Å². The van der Waals surface area contributed by atoms with Crippen molar-refractivity contribution in [2.75, 3.05) is 7.11 Å². The smallest absolute Gasteiger partial charge is 0.316 e. The normalized spacial score (nSPS) is 8.00. The summed E-state index contributed by atoms with van der Waals surface area (Å²) in [6.07, 6.45) is 5.30. The Hall–Kier alpha value is -1.56. The van der Waals surface area contributed by atoms with Crippen molar-refractivity contribution in [1.29, 1.82) is 0 Å². The van der Waals surface area contributed by atoms with Crippen molar-refractivity contribution in [2.45, 2.75) is 33.6 Å². The standard InChI is InChI=1S/C10H12N2O.C2H6/c1-3-4-5-6-9-7-11-10(13-2)12-8-9;1-2/h7-8H,3-4H2,1-2H3;1-2H3. The minimum absolute atomic E-state index is 0.376. The number of rotatable bonds is 2. The summed E-state index contributed by atoms with van der Waals surface area (Å²) >= 11 is 0. The summed E-state index contributed by atoms with van der Waals surface area (Å²) in [5.41, 5.74) is 0.828. The van der Waals surface area contributed by atoms with Gasteiger partial charge in [-0.1, -0.05) is 32.6 Å². The van der Waals surface area contributed by atoms with Gasteiger partial charge < -0.3 is 4.74 Å². The maximum atomic E-state index is 4.82. The number of aromatic nitrogens is 2. The molecule has 0 saturated carbocycles. The average molecular weight is 206 g/mol. The summed E-state index contributed by atoms with van der Waals surface area (Å²) in [6, 6.07) is 0.376. The molecule has 0 radical (unpaired) electrons. The van der Waals surface area contributed by atoms with E-state index in [2.05, 4.69) is 28.7 Å². The Bertz CT molecular complexity index is 309. The van der Waals surface area contributed by atoms with Gasteiger partial charge >= 0.3 is 6.01 Å². The second-order valence-corrected chi connectivity index (χ2v) is 2.51. The lowest BCUT2D eigenvalue weighted by molar-refractivity contribution is 0.379. The first-order valence-electron chi connectivity index (χ1n) is 5.21. The molecule has 15 heavy (non-hydrogen) atoms. The van der Waals surface area contributed by atoms with E-state index in [0.29, 0.717) is 6.01 Å². The molecule has 0 bridgehead atoms. The first-order valence-corrected chi connectivity index (χ1v) is 5.21. The van der Waals surface area contributed by atoms with Gasteiger partial charge in [0.05, 0.1) is 12.7 Å². The Balaban J connectivity index is 0.000000921. The second kappa shape index (κ2) is 9.01. The molecule has 0 N–H and O–H groups in total. The van der Waals surface area contributed by atoms with Gasteiger partial charge in [-0.3, -0.25) is 0 Å². The van der Waals surface area contributed by atoms with Gasteiger partial charge in [0.15, 0.2) is 0 Å². The number of hydrogen-bond acceptors (Lipinski definition) is 3. The fourth-order valence-corrected chi connectivity index (χ4v) is 0.776. The molecule has 0 saturated heterocycles. The lowest BCUT2D eigenvalue weighted by Gasteiger charge is -1.94. The summed E-state index contributed by atoms with van der Waals surface area (Å²) in [5, 5.41) is 0. The summed E-state index contributed by atoms with van der Waals surface area (Å²) in [7, 11) is 1.54. The van der Waals surface area contributed by atoms with Crippen LogP contribution < -0.4 is 4.74 Å². The Morgan fingerprint density at radius 3 is 2.33 bits per heavy atom. The van der Waals surface area contributed by atoms with E-state index in [-0.39, 0.29) is 0 Å². The van der Waals surface area contributed by atoms with Crippen LogP contribution in [0.25, 0.3) is 0 Å². The van der Waals surface area contributed by atoms with Crippen LogP contribution in [0.1, 0.15) is 39.2 Å². The minimum atomic E-state index is 0.376. The summed E-state index contributed by atoms with van der Waals surface area (Å²) in [5.74, 6) is 5.98. The highest BCUT2D eigenvalue weighted by atomic mass is 16.5.